The Morgan fingerprint density at radius 1 is 1.28 bits per heavy atom. The summed E-state index contributed by atoms with van der Waals surface area (Å²) in [5.74, 6) is 0.269. The molecule has 1 aromatic rings. The van der Waals surface area contributed by atoms with Crippen molar-refractivity contribution in [3.8, 4) is 0 Å². The van der Waals surface area contributed by atoms with E-state index < -0.39 is 6.10 Å². The maximum absolute atomic E-state index is 12.2. The number of carbonyl (C=O) groups excluding carboxylic acids is 1. The summed E-state index contributed by atoms with van der Waals surface area (Å²) in [6.45, 7) is 0. The highest BCUT2D eigenvalue weighted by Crippen LogP contribution is 2.28. The summed E-state index contributed by atoms with van der Waals surface area (Å²) >= 11 is 5.92. The minimum atomic E-state index is -0.656. The summed E-state index contributed by atoms with van der Waals surface area (Å²) in [4.78, 5) is 12.2. The highest BCUT2D eigenvalue weighted by molar-refractivity contribution is 6.30. The van der Waals surface area contributed by atoms with E-state index in [1.807, 2.05) is 24.3 Å². The number of carbonyl (C=O) groups is 1. The van der Waals surface area contributed by atoms with Gasteiger partial charge in [0.2, 0.25) is 5.91 Å². The lowest BCUT2D eigenvalue weighted by molar-refractivity contribution is -0.125. The number of aliphatic hydroxyl groups is 1. The first-order chi connectivity index (χ1) is 12.0. The first-order valence-electron chi connectivity index (χ1n) is 9.39. The Morgan fingerprint density at radius 3 is 2.52 bits per heavy atom. The molecule has 4 N–H and O–H groups in total. The molecule has 1 aliphatic carbocycles. The number of nitrogens with one attached hydrogen (secondary N) is 1. The van der Waals surface area contributed by atoms with E-state index in [4.69, 9.17) is 17.3 Å². The Labute approximate surface area is 156 Å². The van der Waals surface area contributed by atoms with Crippen LogP contribution in [0.1, 0.15) is 50.5 Å². The van der Waals surface area contributed by atoms with Crippen molar-refractivity contribution in [1.82, 2.24) is 5.32 Å². The van der Waals surface area contributed by atoms with Crippen LogP contribution in [-0.2, 0) is 11.2 Å². The first-order valence-corrected chi connectivity index (χ1v) is 9.77. The van der Waals surface area contributed by atoms with Crippen molar-refractivity contribution in [2.24, 2.45) is 17.6 Å². The Morgan fingerprint density at radius 2 is 1.92 bits per heavy atom. The Kier molecular flexibility index (Phi) is 8.20. The van der Waals surface area contributed by atoms with E-state index >= 15 is 0 Å². The van der Waals surface area contributed by atoms with E-state index in [-0.39, 0.29) is 17.9 Å². The maximum Gasteiger partial charge on any atom is 0.223 e. The Balaban J connectivity index is 1.92. The molecular weight excluding hydrogens is 336 g/mol. The van der Waals surface area contributed by atoms with E-state index in [9.17, 15) is 9.90 Å². The number of hydrogen-bond donors (Lipinski definition) is 3. The van der Waals surface area contributed by atoms with Gasteiger partial charge in [0.15, 0.2) is 0 Å². The van der Waals surface area contributed by atoms with Gasteiger partial charge in [0, 0.05) is 24.0 Å². The number of benzene rings is 1. The van der Waals surface area contributed by atoms with Crippen LogP contribution in [0.4, 0.5) is 0 Å². The molecule has 0 radical (unpaired) electrons. The van der Waals surface area contributed by atoms with Crippen molar-refractivity contribution in [2.75, 3.05) is 7.05 Å². The lowest BCUT2D eigenvalue weighted by Gasteiger charge is -2.28. The highest BCUT2D eigenvalue weighted by atomic mass is 35.5. The minimum absolute atomic E-state index is 0.0566. The third kappa shape index (κ3) is 6.61. The van der Waals surface area contributed by atoms with E-state index in [2.05, 4.69) is 5.32 Å². The van der Waals surface area contributed by atoms with Crippen molar-refractivity contribution in [1.29, 1.82) is 0 Å². The summed E-state index contributed by atoms with van der Waals surface area (Å²) in [5, 5.41) is 13.9. The van der Waals surface area contributed by atoms with Gasteiger partial charge in [0.25, 0.3) is 0 Å². The van der Waals surface area contributed by atoms with Crippen LogP contribution in [0.15, 0.2) is 24.3 Å². The van der Waals surface area contributed by atoms with Gasteiger partial charge in [-0.25, -0.2) is 0 Å². The number of amides is 1. The molecule has 140 valence electrons. The summed E-state index contributed by atoms with van der Waals surface area (Å²) in [5.41, 5.74) is 7.29. The molecule has 1 aliphatic rings. The summed E-state index contributed by atoms with van der Waals surface area (Å²) in [6.07, 6.45) is 7.43. The van der Waals surface area contributed by atoms with Crippen molar-refractivity contribution in [3.05, 3.63) is 34.9 Å². The molecule has 2 rings (SSSR count). The quantitative estimate of drug-likeness (QED) is 0.660. The maximum atomic E-state index is 12.2. The summed E-state index contributed by atoms with van der Waals surface area (Å²) in [6, 6.07) is 7.23. The smallest absolute Gasteiger partial charge is 0.223 e. The van der Waals surface area contributed by atoms with Gasteiger partial charge in [-0.1, -0.05) is 55.8 Å². The van der Waals surface area contributed by atoms with Gasteiger partial charge < -0.3 is 16.2 Å². The Hall–Kier alpha value is -1.10. The molecule has 0 aromatic heterocycles. The number of nitrogens with two attached hydrogens (primary N) is 1. The molecule has 3 atom stereocenters. The number of rotatable bonds is 8. The zero-order valence-electron chi connectivity index (χ0n) is 15.1. The monoisotopic (exact) mass is 366 g/mol. The van der Waals surface area contributed by atoms with Gasteiger partial charge >= 0.3 is 0 Å². The van der Waals surface area contributed by atoms with E-state index in [0.29, 0.717) is 23.8 Å². The van der Waals surface area contributed by atoms with E-state index in [0.717, 1.165) is 12.0 Å². The van der Waals surface area contributed by atoms with Gasteiger partial charge in [-0.15, -0.1) is 0 Å². The molecule has 5 heteroatoms. The third-order valence-corrected chi connectivity index (χ3v) is 5.62. The number of halogens is 1. The normalized spacial score (nSPS) is 19.2. The molecule has 0 bridgehead atoms. The third-order valence-electron chi connectivity index (χ3n) is 5.36. The fourth-order valence-corrected chi connectivity index (χ4v) is 3.95. The SMILES string of the molecule is CNC(=O)C(Cc1ccc(Cl)cc1)CC(O)[C@@H](N)CC1CCCCC1. The van der Waals surface area contributed by atoms with Gasteiger partial charge in [0.1, 0.15) is 0 Å². The molecule has 1 amide bonds. The fraction of sp³-hybridized carbons (Fsp3) is 0.650. The zero-order chi connectivity index (χ0) is 18.2. The predicted octanol–water partition coefficient (Wildman–Crippen LogP) is 3.29. The number of aliphatic hydroxyl groups excluding tert-OH is 1. The van der Waals surface area contributed by atoms with Crippen molar-refractivity contribution >= 4 is 17.5 Å². The second-order valence-corrected chi connectivity index (χ2v) is 7.78. The van der Waals surface area contributed by atoms with E-state index in [1.165, 1.54) is 32.1 Å². The van der Waals surface area contributed by atoms with Gasteiger partial charge in [-0.2, -0.15) is 0 Å². The summed E-state index contributed by atoms with van der Waals surface area (Å²) < 4.78 is 0. The molecule has 4 nitrogen and oxygen atoms in total. The predicted molar refractivity (Wildman–Crippen MR) is 103 cm³/mol. The average Bonchev–Trinajstić information content (AvgIpc) is 2.63. The van der Waals surface area contributed by atoms with Crippen LogP contribution in [0, 0.1) is 11.8 Å². The van der Waals surface area contributed by atoms with E-state index in [1.54, 1.807) is 7.05 Å². The van der Waals surface area contributed by atoms with Crippen molar-refractivity contribution in [2.45, 2.75) is 63.5 Å². The fourth-order valence-electron chi connectivity index (χ4n) is 3.82. The van der Waals surface area contributed by atoms with Crippen LogP contribution in [0.2, 0.25) is 5.02 Å². The molecule has 0 spiro atoms. The Bertz CT molecular complexity index is 529. The highest BCUT2D eigenvalue weighted by Gasteiger charge is 2.27. The molecule has 1 fully saturated rings. The minimum Gasteiger partial charge on any atom is -0.391 e. The molecule has 0 aliphatic heterocycles. The van der Waals surface area contributed by atoms with Gasteiger partial charge in [-0.05, 0) is 42.9 Å². The molecule has 1 saturated carbocycles. The first kappa shape index (κ1) is 20.2. The second-order valence-electron chi connectivity index (χ2n) is 7.35. The standard InChI is InChI=1S/C20H31ClN2O2/c1-23-20(25)16(11-15-7-9-17(21)10-8-15)13-19(24)18(22)12-14-5-3-2-4-6-14/h7-10,14,16,18-19,24H,2-6,11-13,22H2,1H3,(H,23,25)/t16?,18-,19?/m0/s1. The molecular formula is C20H31ClN2O2. The molecule has 1 aromatic carbocycles. The lowest BCUT2D eigenvalue weighted by Crippen LogP contribution is -2.41. The van der Waals surface area contributed by atoms with Crippen LogP contribution in [0.5, 0.6) is 0 Å². The lowest BCUT2D eigenvalue weighted by atomic mass is 9.82. The van der Waals surface area contributed by atoms with Crippen LogP contribution in [0.3, 0.4) is 0 Å². The molecule has 25 heavy (non-hydrogen) atoms. The molecule has 2 unspecified atom stereocenters. The van der Waals surface area contributed by atoms with Crippen molar-refractivity contribution in [3.63, 3.8) is 0 Å². The summed E-state index contributed by atoms with van der Waals surface area (Å²) in [7, 11) is 1.63. The van der Waals surface area contributed by atoms with Gasteiger partial charge in [0.05, 0.1) is 6.10 Å². The van der Waals surface area contributed by atoms with Crippen LogP contribution in [0.25, 0.3) is 0 Å². The van der Waals surface area contributed by atoms with Crippen LogP contribution < -0.4 is 11.1 Å². The van der Waals surface area contributed by atoms with Crippen LogP contribution in [-0.4, -0.2) is 30.2 Å². The largest absolute Gasteiger partial charge is 0.391 e. The van der Waals surface area contributed by atoms with Crippen molar-refractivity contribution < 1.29 is 9.90 Å². The number of hydrogen-bond acceptors (Lipinski definition) is 3. The molecule has 0 heterocycles. The average molecular weight is 367 g/mol. The second kappa shape index (κ2) is 10.1. The van der Waals surface area contributed by atoms with Crippen LogP contribution >= 0.6 is 11.6 Å². The zero-order valence-corrected chi connectivity index (χ0v) is 15.8. The van der Waals surface area contributed by atoms with Gasteiger partial charge in [-0.3, -0.25) is 4.79 Å². The topological polar surface area (TPSA) is 75.3 Å². The molecule has 0 saturated heterocycles.